The number of nitrogens with zero attached hydrogens (tertiary/aromatic N) is 2. The highest BCUT2D eigenvalue weighted by molar-refractivity contribution is 5.72. The fourth-order valence-corrected chi connectivity index (χ4v) is 10.9. The minimum absolute atomic E-state index is 0.129. The van der Waals surface area contributed by atoms with Gasteiger partial charge in [-0.2, -0.15) is 0 Å². The zero-order valence-electron chi connectivity index (χ0n) is 30.1. The Morgan fingerprint density at radius 1 is 0.745 bits per heavy atom. The molecule has 8 aliphatic rings. The molecular formula is C49H50N2. The van der Waals surface area contributed by atoms with Crippen molar-refractivity contribution < 1.29 is 0 Å². The van der Waals surface area contributed by atoms with E-state index in [9.17, 15) is 0 Å². The molecule has 10 rings (SSSR count). The summed E-state index contributed by atoms with van der Waals surface area (Å²) in [7, 11) is 0. The first kappa shape index (κ1) is 31.2. The third-order valence-corrected chi connectivity index (χ3v) is 13.4. The van der Waals surface area contributed by atoms with Gasteiger partial charge in [-0.15, -0.1) is 0 Å². The average molecular weight is 667 g/mol. The lowest BCUT2D eigenvalue weighted by Crippen LogP contribution is -2.42. The molecule has 1 fully saturated rings. The van der Waals surface area contributed by atoms with E-state index in [0.29, 0.717) is 24.0 Å². The maximum Gasteiger partial charge on any atom is 0.0583 e. The van der Waals surface area contributed by atoms with Crippen LogP contribution in [0, 0.1) is 11.3 Å². The highest BCUT2D eigenvalue weighted by atomic mass is 15.2. The largest absolute Gasteiger partial charge is 0.361 e. The molecule has 0 saturated carbocycles. The molecule has 2 nitrogen and oxygen atoms in total. The standard InChI is InChI=1S/C49H50N2/c1-49-33-39(26-30-48(49)51(47-22-11-9-20-44(47)49)40-27-23-36(24-28-40)34-13-4-2-5-14-34)38-25-29-46-43(32-38)42-19-8-10-21-45(42)50(46)41-18-12-17-37(31-41)35-15-6-3-7-16-35/h2-4,6-7,11,13,15-17,19,21-29,32,41,43,46,48H,5,8-10,12,14,18,20,30-31,33H2,1H3. The molecule has 1 saturated heterocycles. The van der Waals surface area contributed by atoms with Crippen molar-refractivity contribution >= 4 is 16.8 Å². The molecule has 256 valence electrons. The molecule has 0 radical (unpaired) electrons. The summed E-state index contributed by atoms with van der Waals surface area (Å²) in [6.45, 7) is 2.59. The van der Waals surface area contributed by atoms with Gasteiger partial charge in [0, 0.05) is 40.5 Å². The summed E-state index contributed by atoms with van der Waals surface area (Å²) < 4.78 is 0. The average Bonchev–Trinajstić information content (AvgIpc) is 3.67. The van der Waals surface area contributed by atoms with Crippen molar-refractivity contribution in [2.24, 2.45) is 11.3 Å². The fourth-order valence-electron chi connectivity index (χ4n) is 10.9. The first-order chi connectivity index (χ1) is 25.2. The van der Waals surface area contributed by atoms with Crippen LogP contribution < -0.4 is 4.90 Å². The molecule has 51 heavy (non-hydrogen) atoms. The molecule has 0 bridgehead atoms. The molecule has 2 heterocycles. The van der Waals surface area contributed by atoms with Crippen molar-refractivity contribution in [2.45, 2.75) is 95.7 Å². The second-order valence-electron chi connectivity index (χ2n) is 16.2. The van der Waals surface area contributed by atoms with Crippen LogP contribution in [-0.2, 0) is 0 Å². The van der Waals surface area contributed by atoms with Crippen LogP contribution in [0.4, 0.5) is 5.69 Å². The number of hydrogen-bond donors (Lipinski definition) is 0. The van der Waals surface area contributed by atoms with Gasteiger partial charge in [0.15, 0.2) is 0 Å². The van der Waals surface area contributed by atoms with E-state index in [1.54, 1.807) is 16.7 Å². The predicted octanol–water partition coefficient (Wildman–Crippen LogP) is 12.0. The van der Waals surface area contributed by atoms with Gasteiger partial charge in [-0.05, 0) is 133 Å². The topological polar surface area (TPSA) is 6.48 Å². The van der Waals surface area contributed by atoms with E-state index < -0.39 is 0 Å². The van der Waals surface area contributed by atoms with Gasteiger partial charge in [0.1, 0.15) is 0 Å². The van der Waals surface area contributed by atoms with Gasteiger partial charge in [-0.1, -0.05) is 116 Å². The van der Waals surface area contributed by atoms with Crippen LogP contribution in [0.2, 0.25) is 0 Å². The number of anilines is 1. The summed E-state index contributed by atoms with van der Waals surface area (Å²) in [5.74, 6) is 0.440. The van der Waals surface area contributed by atoms with Crippen LogP contribution in [0.5, 0.6) is 0 Å². The molecule has 0 N–H and O–H groups in total. The number of fused-ring (bicyclic) bond motifs is 5. The molecule has 5 unspecified atom stereocenters. The van der Waals surface area contributed by atoms with E-state index in [1.807, 2.05) is 0 Å². The second kappa shape index (κ2) is 12.6. The third-order valence-electron chi connectivity index (χ3n) is 13.4. The Kier molecular flexibility index (Phi) is 7.70. The molecule has 0 aromatic heterocycles. The van der Waals surface area contributed by atoms with Gasteiger partial charge < -0.3 is 9.80 Å². The lowest BCUT2D eigenvalue weighted by molar-refractivity contribution is 0.219. The number of likely N-dealkylation sites (tertiary alicyclic amines) is 1. The monoisotopic (exact) mass is 666 g/mol. The maximum atomic E-state index is 2.84. The third kappa shape index (κ3) is 5.20. The Morgan fingerprint density at radius 3 is 2.45 bits per heavy atom. The first-order valence-corrected chi connectivity index (χ1v) is 19.8. The Morgan fingerprint density at radius 2 is 1.59 bits per heavy atom. The zero-order chi connectivity index (χ0) is 33.9. The van der Waals surface area contributed by atoms with Crippen molar-refractivity contribution in [2.75, 3.05) is 4.90 Å². The fraction of sp³-hybridized carbons (Fsp3) is 0.347. The molecule has 2 aromatic rings. The second-order valence-corrected chi connectivity index (χ2v) is 16.2. The Labute approximate surface area is 305 Å². The summed E-state index contributed by atoms with van der Waals surface area (Å²) in [5.41, 5.74) is 16.5. The highest BCUT2D eigenvalue weighted by Gasteiger charge is 2.51. The van der Waals surface area contributed by atoms with Gasteiger partial charge in [-0.25, -0.2) is 0 Å². The lowest BCUT2D eigenvalue weighted by Gasteiger charge is -2.42. The SMILES string of the molecule is CC12CC(C3=CC4C5=CCCC=C5N(C5CCC=C(c6ccccc6)C5)C4C=C3)=CCC1N(c1ccc(C3=CC=CCC3)cc1)C1=C2CCC=C1. The maximum absolute atomic E-state index is 2.84. The molecular weight excluding hydrogens is 617 g/mol. The van der Waals surface area contributed by atoms with Gasteiger partial charge in [-0.3, -0.25) is 0 Å². The van der Waals surface area contributed by atoms with Crippen molar-refractivity contribution in [1.29, 1.82) is 0 Å². The van der Waals surface area contributed by atoms with E-state index in [4.69, 9.17) is 0 Å². The molecule has 6 aliphatic carbocycles. The van der Waals surface area contributed by atoms with E-state index in [0.717, 1.165) is 51.4 Å². The number of rotatable bonds is 5. The van der Waals surface area contributed by atoms with Gasteiger partial charge in [0.05, 0.1) is 6.04 Å². The Hall–Kier alpha value is -4.56. The van der Waals surface area contributed by atoms with E-state index in [2.05, 4.69) is 144 Å². The number of hydrogen-bond acceptors (Lipinski definition) is 2. The van der Waals surface area contributed by atoms with Gasteiger partial charge >= 0.3 is 0 Å². The number of allylic oxidation sites excluding steroid dienone is 13. The van der Waals surface area contributed by atoms with Crippen LogP contribution in [0.3, 0.4) is 0 Å². The Bertz CT molecular complexity index is 2050. The summed E-state index contributed by atoms with van der Waals surface area (Å²) in [4.78, 5) is 5.55. The summed E-state index contributed by atoms with van der Waals surface area (Å²) in [6, 6.07) is 22.0. The van der Waals surface area contributed by atoms with Crippen LogP contribution >= 0.6 is 0 Å². The van der Waals surface area contributed by atoms with Crippen LogP contribution in [0.25, 0.3) is 11.1 Å². The molecule has 2 aliphatic heterocycles. The van der Waals surface area contributed by atoms with Crippen molar-refractivity contribution in [1.82, 2.24) is 4.90 Å². The van der Waals surface area contributed by atoms with Gasteiger partial charge in [0.2, 0.25) is 0 Å². The molecule has 0 spiro atoms. The summed E-state index contributed by atoms with van der Waals surface area (Å²) in [6.07, 6.45) is 42.3. The molecule has 5 atom stereocenters. The van der Waals surface area contributed by atoms with Crippen molar-refractivity contribution in [3.8, 4) is 0 Å². The minimum Gasteiger partial charge on any atom is -0.361 e. The van der Waals surface area contributed by atoms with Gasteiger partial charge in [0.25, 0.3) is 0 Å². The molecule has 2 heteroatoms. The van der Waals surface area contributed by atoms with Crippen LogP contribution in [-0.4, -0.2) is 23.0 Å². The number of benzene rings is 2. The normalized spacial score (nSPS) is 30.8. The van der Waals surface area contributed by atoms with E-state index in [-0.39, 0.29) is 5.41 Å². The summed E-state index contributed by atoms with van der Waals surface area (Å²) >= 11 is 0. The van der Waals surface area contributed by atoms with Crippen LogP contribution in [0.15, 0.2) is 161 Å². The van der Waals surface area contributed by atoms with E-state index >= 15 is 0 Å². The van der Waals surface area contributed by atoms with Crippen molar-refractivity contribution in [3.05, 3.63) is 172 Å². The van der Waals surface area contributed by atoms with E-state index in [1.165, 1.54) is 64.2 Å². The first-order valence-electron chi connectivity index (χ1n) is 19.8. The summed E-state index contributed by atoms with van der Waals surface area (Å²) in [5, 5.41) is 0. The molecule has 0 amide bonds. The zero-order valence-corrected chi connectivity index (χ0v) is 30.1. The minimum atomic E-state index is 0.129. The Balaban J connectivity index is 0.937. The lowest BCUT2D eigenvalue weighted by atomic mass is 9.66. The smallest absolute Gasteiger partial charge is 0.0583 e. The predicted molar refractivity (Wildman–Crippen MR) is 214 cm³/mol. The highest BCUT2D eigenvalue weighted by Crippen LogP contribution is 2.57. The molecule has 2 aromatic carbocycles. The van der Waals surface area contributed by atoms with Crippen molar-refractivity contribution in [3.63, 3.8) is 0 Å². The quantitative estimate of drug-likeness (QED) is 0.313. The van der Waals surface area contributed by atoms with Crippen LogP contribution in [0.1, 0.15) is 88.7 Å².